The third-order valence-electron chi connectivity index (χ3n) is 11.1. The molecule has 10 heteroatoms. The Labute approximate surface area is 250 Å². The second kappa shape index (κ2) is 11.6. The molecule has 1 aromatic rings. The molecule has 1 aromatic carbocycles. The Hall–Kier alpha value is -3.37. The number of allylic oxidation sites excluding steroid dienone is 1. The van der Waals surface area contributed by atoms with E-state index in [1.54, 1.807) is 18.2 Å². The van der Waals surface area contributed by atoms with Crippen LogP contribution in [0.3, 0.4) is 0 Å². The number of Topliss-reactive ketones (excluding diaryl/α,β-unsaturated/α-hetero) is 1. The van der Waals surface area contributed by atoms with Crippen LogP contribution in [0.25, 0.3) is 0 Å². The van der Waals surface area contributed by atoms with Crippen molar-refractivity contribution in [2.45, 2.75) is 89.9 Å². The summed E-state index contributed by atoms with van der Waals surface area (Å²) < 4.78 is 5.20. The highest BCUT2D eigenvalue weighted by Crippen LogP contribution is 2.67. The maximum absolute atomic E-state index is 13.4. The highest BCUT2D eigenvalue weighted by atomic mass is 16.5. The summed E-state index contributed by atoms with van der Waals surface area (Å²) in [6.45, 7) is 3.59. The first-order valence-electron chi connectivity index (χ1n) is 15.2. The number of carbonyl (C=O) groups excluding carboxylic acids is 4. The summed E-state index contributed by atoms with van der Waals surface area (Å²) in [5.41, 5.74) is -0.920. The zero-order valence-electron chi connectivity index (χ0n) is 24.8. The number of ether oxygens (including phenoxy) is 1. The van der Waals surface area contributed by atoms with Crippen molar-refractivity contribution in [1.29, 1.82) is 0 Å². The van der Waals surface area contributed by atoms with E-state index in [4.69, 9.17) is 9.84 Å². The predicted octanol–water partition coefficient (Wildman–Crippen LogP) is 3.13. The number of amides is 1. The molecule has 0 aromatic heterocycles. The molecule has 1 amide bonds. The van der Waals surface area contributed by atoms with Gasteiger partial charge in [0, 0.05) is 24.8 Å². The molecule has 43 heavy (non-hydrogen) atoms. The minimum absolute atomic E-state index is 0.0191. The van der Waals surface area contributed by atoms with Gasteiger partial charge in [0.2, 0.25) is 11.7 Å². The fourth-order valence-electron chi connectivity index (χ4n) is 8.76. The van der Waals surface area contributed by atoms with Crippen molar-refractivity contribution in [2.75, 3.05) is 6.61 Å². The number of carboxylic acids is 1. The Morgan fingerprint density at radius 1 is 1.02 bits per heavy atom. The monoisotopic (exact) mass is 595 g/mol. The number of rotatable bonds is 9. The minimum atomic E-state index is -1.74. The van der Waals surface area contributed by atoms with Crippen LogP contribution >= 0.6 is 0 Å². The first-order chi connectivity index (χ1) is 20.3. The average molecular weight is 596 g/mol. The summed E-state index contributed by atoms with van der Waals surface area (Å²) in [7, 11) is 0. The quantitative estimate of drug-likeness (QED) is 0.314. The summed E-state index contributed by atoms with van der Waals surface area (Å²) in [4.78, 5) is 61.1. The molecule has 3 saturated carbocycles. The summed E-state index contributed by atoms with van der Waals surface area (Å²) in [6.07, 6.45) is 4.51. The molecule has 0 saturated heterocycles. The van der Waals surface area contributed by atoms with E-state index in [1.165, 1.54) is 12.1 Å². The highest BCUT2D eigenvalue weighted by molar-refractivity contribution is 5.92. The third-order valence-corrected chi connectivity index (χ3v) is 11.1. The zero-order chi connectivity index (χ0) is 31.2. The average Bonchev–Trinajstić information content (AvgIpc) is 3.24. The second-order valence-corrected chi connectivity index (χ2v) is 13.3. The molecule has 0 heterocycles. The van der Waals surface area contributed by atoms with E-state index in [0.717, 1.165) is 18.4 Å². The van der Waals surface area contributed by atoms with E-state index in [1.807, 2.05) is 6.92 Å². The number of hydrogen-bond acceptors (Lipinski definition) is 8. The van der Waals surface area contributed by atoms with Crippen LogP contribution in [0.4, 0.5) is 0 Å². The molecule has 4 aliphatic carbocycles. The van der Waals surface area contributed by atoms with Gasteiger partial charge in [-0.1, -0.05) is 31.6 Å². The van der Waals surface area contributed by atoms with Crippen LogP contribution in [-0.4, -0.2) is 63.0 Å². The molecule has 0 spiro atoms. The van der Waals surface area contributed by atoms with Crippen molar-refractivity contribution in [3.63, 3.8) is 0 Å². The van der Waals surface area contributed by atoms with Gasteiger partial charge in [-0.15, -0.1) is 0 Å². The number of aromatic carboxylic acids is 1. The summed E-state index contributed by atoms with van der Waals surface area (Å²) in [5, 5.41) is 34.9. The molecule has 5 rings (SSSR count). The van der Waals surface area contributed by atoms with Crippen LogP contribution in [-0.2, 0) is 30.5 Å². The van der Waals surface area contributed by atoms with Crippen LogP contribution in [0.15, 0.2) is 35.9 Å². The molecule has 4 aliphatic rings. The van der Waals surface area contributed by atoms with E-state index in [2.05, 4.69) is 12.2 Å². The van der Waals surface area contributed by atoms with Gasteiger partial charge >= 0.3 is 11.9 Å². The Bertz CT molecular complexity index is 1350. The second-order valence-electron chi connectivity index (χ2n) is 13.3. The fraction of sp³-hybridized carbons (Fsp3) is 0.606. The lowest BCUT2D eigenvalue weighted by atomic mass is 9.45. The standard InChI is InChI=1S/C33H41NO9/c1-31-13-11-22(35)15-21(31)7-8-23-24-12-14-33(42,32(24,2)16-25(36)29(23)31)26(37)18-43-28(39)10-9-27(38)34-17-19-3-5-20(6-4-19)30(40)41/h3-6,15,23-25,29,36,42H,7-14,16-18H2,1-2H3,(H,34,38)(H,40,41). The number of benzene rings is 1. The Morgan fingerprint density at radius 2 is 1.74 bits per heavy atom. The van der Waals surface area contributed by atoms with Crippen molar-refractivity contribution in [3.05, 3.63) is 47.0 Å². The van der Waals surface area contributed by atoms with Crippen molar-refractivity contribution in [1.82, 2.24) is 5.32 Å². The lowest BCUT2D eigenvalue weighted by Crippen LogP contribution is -2.62. The number of fused-ring (bicyclic) bond motifs is 5. The van der Waals surface area contributed by atoms with E-state index >= 15 is 0 Å². The Morgan fingerprint density at radius 3 is 2.44 bits per heavy atom. The van der Waals surface area contributed by atoms with Gasteiger partial charge in [-0.05, 0) is 85.5 Å². The van der Waals surface area contributed by atoms with Crippen LogP contribution in [0.1, 0.15) is 87.6 Å². The van der Waals surface area contributed by atoms with Gasteiger partial charge in [-0.25, -0.2) is 4.79 Å². The Balaban J connectivity index is 1.14. The summed E-state index contributed by atoms with van der Waals surface area (Å²) >= 11 is 0. The molecule has 7 unspecified atom stereocenters. The van der Waals surface area contributed by atoms with Crippen molar-refractivity contribution >= 4 is 29.4 Å². The van der Waals surface area contributed by atoms with Crippen LogP contribution in [0.5, 0.6) is 0 Å². The van der Waals surface area contributed by atoms with Crippen molar-refractivity contribution in [3.8, 4) is 0 Å². The molecule has 0 aliphatic heterocycles. The largest absolute Gasteiger partial charge is 0.478 e. The molecule has 4 N–H and O–H groups in total. The van der Waals surface area contributed by atoms with Gasteiger partial charge in [-0.2, -0.15) is 0 Å². The van der Waals surface area contributed by atoms with Crippen molar-refractivity contribution < 1.29 is 44.0 Å². The topological polar surface area (TPSA) is 167 Å². The number of esters is 1. The van der Waals surface area contributed by atoms with Crippen molar-refractivity contribution in [2.24, 2.45) is 28.6 Å². The van der Waals surface area contributed by atoms with Gasteiger partial charge < -0.3 is 25.4 Å². The normalized spacial score (nSPS) is 34.7. The molecule has 0 bridgehead atoms. The number of hydrogen-bond donors (Lipinski definition) is 4. The number of ketones is 2. The molecule has 3 fully saturated rings. The van der Waals surface area contributed by atoms with E-state index in [9.17, 15) is 34.2 Å². The maximum atomic E-state index is 13.4. The first-order valence-corrected chi connectivity index (χ1v) is 15.2. The maximum Gasteiger partial charge on any atom is 0.335 e. The zero-order valence-corrected chi connectivity index (χ0v) is 24.8. The van der Waals surface area contributed by atoms with Crippen LogP contribution in [0, 0.1) is 28.6 Å². The van der Waals surface area contributed by atoms with Crippen LogP contribution < -0.4 is 5.32 Å². The molecular formula is C33H41NO9. The molecule has 10 nitrogen and oxygen atoms in total. The molecular weight excluding hydrogens is 554 g/mol. The minimum Gasteiger partial charge on any atom is -0.478 e. The van der Waals surface area contributed by atoms with E-state index in [0.29, 0.717) is 24.8 Å². The van der Waals surface area contributed by atoms with Gasteiger partial charge in [0.15, 0.2) is 12.4 Å². The van der Waals surface area contributed by atoms with E-state index < -0.39 is 47.4 Å². The highest BCUT2D eigenvalue weighted by Gasteiger charge is 2.68. The van der Waals surface area contributed by atoms with Gasteiger partial charge in [0.05, 0.1) is 18.1 Å². The SMILES string of the molecule is CC12CCC(=O)C=C1CCC1C2C(O)CC2(C)C1CCC2(O)C(=O)COC(=O)CCC(=O)NCc1ccc(C(=O)O)cc1. The fourth-order valence-corrected chi connectivity index (χ4v) is 8.76. The lowest BCUT2D eigenvalue weighted by Gasteiger charge is -2.60. The Kier molecular flexibility index (Phi) is 8.39. The van der Waals surface area contributed by atoms with E-state index in [-0.39, 0.29) is 66.7 Å². The van der Waals surface area contributed by atoms with Crippen LogP contribution in [0.2, 0.25) is 0 Å². The van der Waals surface area contributed by atoms with Gasteiger partial charge in [0.25, 0.3) is 0 Å². The van der Waals surface area contributed by atoms with Gasteiger partial charge in [-0.3, -0.25) is 19.2 Å². The third kappa shape index (κ3) is 5.55. The number of aliphatic hydroxyl groups is 2. The molecule has 232 valence electrons. The number of aliphatic hydroxyl groups excluding tert-OH is 1. The number of carbonyl (C=O) groups is 5. The number of carboxylic acid groups (broad SMARTS) is 1. The first kappa shape index (κ1) is 31.1. The smallest absolute Gasteiger partial charge is 0.335 e. The predicted molar refractivity (Wildman–Crippen MR) is 153 cm³/mol. The molecule has 7 atom stereocenters. The number of nitrogens with one attached hydrogen (secondary N) is 1. The summed E-state index contributed by atoms with van der Waals surface area (Å²) in [6, 6.07) is 6.06. The van der Waals surface area contributed by atoms with Gasteiger partial charge in [0.1, 0.15) is 5.60 Å². The lowest BCUT2D eigenvalue weighted by molar-refractivity contribution is -0.184. The summed E-state index contributed by atoms with van der Waals surface area (Å²) in [5.74, 6) is -2.52. The molecule has 0 radical (unpaired) electrons.